The van der Waals surface area contributed by atoms with E-state index < -0.39 is 0 Å². The van der Waals surface area contributed by atoms with Gasteiger partial charge in [-0.05, 0) is 33.4 Å². The second kappa shape index (κ2) is 6.08. The third-order valence-electron chi connectivity index (χ3n) is 3.15. The number of amides is 1. The molecule has 0 aromatic carbocycles. The van der Waals surface area contributed by atoms with Crippen molar-refractivity contribution in [3.8, 4) is 0 Å². The molecule has 0 aromatic heterocycles. The molecule has 4 nitrogen and oxygen atoms in total. The Labute approximate surface area is 92.4 Å². The minimum Gasteiger partial charge on any atom is -0.355 e. The molecule has 2 atom stereocenters. The SMILES string of the molecule is CCCNC(=O)C(C)N(C)C1CCNC1. The van der Waals surface area contributed by atoms with E-state index in [-0.39, 0.29) is 11.9 Å². The molecule has 0 bridgehead atoms. The lowest BCUT2D eigenvalue weighted by Gasteiger charge is -2.29. The normalized spacial score (nSPS) is 23.1. The first kappa shape index (κ1) is 12.5. The van der Waals surface area contributed by atoms with E-state index in [1.54, 1.807) is 0 Å². The van der Waals surface area contributed by atoms with E-state index in [9.17, 15) is 4.79 Å². The Morgan fingerprint density at radius 1 is 1.67 bits per heavy atom. The maximum Gasteiger partial charge on any atom is 0.237 e. The summed E-state index contributed by atoms with van der Waals surface area (Å²) in [6.07, 6.45) is 2.13. The third kappa shape index (κ3) is 3.47. The number of hydrogen-bond acceptors (Lipinski definition) is 3. The van der Waals surface area contributed by atoms with Gasteiger partial charge in [-0.1, -0.05) is 6.92 Å². The first-order valence-corrected chi connectivity index (χ1v) is 5.87. The number of nitrogens with one attached hydrogen (secondary N) is 2. The van der Waals surface area contributed by atoms with Gasteiger partial charge < -0.3 is 10.6 Å². The van der Waals surface area contributed by atoms with Crippen LogP contribution in [0.15, 0.2) is 0 Å². The van der Waals surface area contributed by atoms with Crippen LogP contribution >= 0.6 is 0 Å². The Morgan fingerprint density at radius 2 is 2.40 bits per heavy atom. The molecule has 0 aliphatic carbocycles. The average Bonchev–Trinajstić information content (AvgIpc) is 2.77. The highest BCUT2D eigenvalue weighted by atomic mass is 16.2. The van der Waals surface area contributed by atoms with Gasteiger partial charge >= 0.3 is 0 Å². The number of hydrogen-bond donors (Lipinski definition) is 2. The Hall–Kier alpha value is -0.610. The highest BCUT2D eigenvalue weighted by molar-refractivity contribution is 5.81. The van der Waals surface area contributed by atoms with Gasteiger partial charge in [0.1, 0.15) is 0 Å². The zero-order valence-corrected chi connectivity index (χ0v) is 10.0. The summed E-state index contributed by atoms with van der Waals surface area (Å²) in [6, 6.07) is 0.480. The van der Waals surface area contributed by atoms with Crippen LogP contribution in [0.1, 0.15) is 26.7 Å². The van der Waals surface area contributed by atoms with Crippen LogP contribution in [-0.2, 0) is 4.79 Å². The smallest absolute Gasteiger partial charge is 0.237 e. The first-order valence-electron chi connectivity index (χ1n) is 5.87. The molecule has 1 saturated heterocycles. The summed E-state index contributed by atoms with van der Waals surface area (Å²) in [6.45, 7) is 6.89. The highest BCUT2D eigenvalue weighted by Crippen LogP contribution is 2.09. The van der Waals surface area contributed by atoms with Crippen LogP contribution in [0.3, 0.4) is 0 Å². The lowest BCUT2D eigenvalue weighted by Crippen LogP contribution is -2.48. The van der Waals surface area contributed by atoms with Gasteiger partial charge in [0.15, 0.2) is 0 Å². The number of likely N-dealkylation sites (N-methyl/N-ethyl adjacent to an activating group) is 1. The van der Waals surface area contributed by atoms with E-state index in [0.29, 0.717) is 6.04 Å². The molecular weight excluding hydrogens is 190 g/mol. The van der Waals surface area contributed by atoms with Gasteiger partial charge in [-0.2, -0.15) is 0 Å². The minimum atomic E-state index is -0.0264. The molecule has 1 heterocycles. The average molecular weight is 213 g/mol. The van der Waals surface area contributed by atoms with E-state index in [1.807, 2.05) is 14.0 Å². The largest absolute Gasteiger partial charge is 0.355 e. The summed E-state index contributed by atoms with van der Waals surface area (Å²) in [4.78, 5) is 13.9. The topological polar surface area (TPSA) is 44.4 Å². The van der Waals surface area contributed by atoms with Crippen molar-refractivity contribution in [2.24, 2.45) is 0 Å². The lowest BCUT2D eigenvalue weighted by atomic mass is 10.1. The zero-order valence-electron chi connectivity index (χ0n) is 10.0. The fraction of sp³-hybridized carbons (Fsp3) is 0.909. The van der Waals surface area contributed by atoms with Crippen LogP contribution < -0.4 is 10.6 Å². The lowest BCUT2D eigenvalue weighted by molar-refractivity contribution is -0.126. The molecule has 15 heavy (non-hydrogen) atoms. The Balaban J connectivity index is 2.36. The van der Waals surface area contributed by atoms with E-state index in [1.165, 1.54) is 0 Å². The highest BCUT2D eigenvalue weighted by Gasteiger charge is 2.26. The van der Waals surface area contributed by atoms with Gasteiger partial charge in [0.05, 0.1) is 6.04 Å². The second-order valence-electron chi connectivity index (χ2n) is 4.28. The van der Waals surface area contributed by atoms with Gasteiger partial charge in [0, 0.05) is 19.1 Å². The molecule has 1 fully saturated rings. The Morgan fingerprint density at radius 3 is 2.93 bits per heavy atom. The summed E-state index contributed by atoms with van der Waals surface area (Å²) in [5.41, 5.74) is 0. The maximum atomic E-state index is 11.7. The van der Waals surface area contributed by atoms with Gasteiger partial charge in [-0.25, -0.2) is 0 Å². The standard InChI is InChI=1S/C11H23N3O/c1-4-6-13-11(15)9(2)14(3)10-5-7-12-8-10/h9-10,12H,4-8H2,1-3H3,(H,13,15). The molecule has 1 aliphatic rings. The predicted octanol–water partition coefficient (Wildman–Crippen LogP) is 0.195. The summed E-state index contributed by atoms with van der Waals surface area (Å²) < 4.78 is 0. The van der Waals surface area contributed by atoms with E-state index in [2.05, 4.69) is 22.5 Å². The number of carbonyl (C=O) groups excluding carboxylic acids is 1. The van der Waals surface area contributed by atoms with Gasteiger partial charge in [0.2, 0.25) is 5.91 Å². The van der Waals surface area contributed by atoms with Crippen molar-refractivity contribution >= 4 is 5.91 Å². The van der Waals surface area contributed by atoms with Crippen molar-refractivity contribution in [3.63, 3.8) is 0 Å². The van der Waals surface area contributed by atoms with E-state index in [0.717, 1.165) is 32.5 Å². The Bertz CT molecular complexity index is 202. The van der Waals surface area contributed by atoms with Crippen LogP contribution in [0.5, 0.6) is 0 Å². The summed E-state index contributed by atoms with van der Waals surface area (Å²) in [5, 5.41) is 6.25. The van der Waals surface area contributed by atoms with Crippen molar-refractivity contribution < 1.29 is 4.79 Å². The molecule has 0 aromatic rings. The zero-order chi connectivity index (χ0) is 11.3. The van der Waals surface area contributed by atoms with Gasteiger partial charge in [-0.15, -0.1) is 0 Å². The molecule has 88 valence electrons. The molecule has 1 amide bonds. The maximum absolute atomic E-state index is 11.7. The Kier molecular flexibility index (Phi) is 5.05. The molecule has 1 aliphatic heterocycles. The molecule has 0 spiro atoms. The predicted molar refractivity (Wildman–Crippen MR) is 61.8 cm³/mol. The quantitative estimate of drug-likeness (QED) is 0.685. The second-order valence-corrected chi connectivity index (χ2v) is 4.28. The first-order chi connectivity index (χ1) is 7.16. The summed E-state index contributed by atoms with van der Waals surface area (Å²) in [5.74, 6) is 0.145. The number of rotatable bonds is 5. The monoisotopic (exact) mass is 213 g/mol. The molecule has 0 radical (unpaired) electrons. The van der Waals surface area contributed by atoms with Gasteiger partial charge in [-0.3, -0.25) is 9.69 Å². The fourth-order valence-electron chi connectivity index (χ4n) is 1.88. The number of nitrogens with zero attached hydrogens (tertiary/aromatic N) is 1. The van der Waals surface area contributed by atoms with Crippen LogP contribution in [0.2, 0.25) is 0 Å². The minimum absolute atomic E-state index is 0.0264. The van der Waals surface area contributed by atoms with Crippen LogP contribution in [0.25, 0.3) is 0 Å². The van der Waals surface area contributed by atoms with Crippen LogP contribution in [-0.4, -0.2) is 49.6 Å². The molecule has 0 saturated carbocycles. The molecular formula is C11H23N3O. The molecule has 2 N–H and O–H groups in total. The van der Waals surface area contributed by atoms with Crippen molar-refractivity contribution in [2.45, 2.75) is 38.8 Å². The summed E-state index contributed by atoms with van der Waals surface area (Å²) >= 11 is 0. The molecule has 1 rings (SSSR count). The summed E-state index contributed by atoms with van der Waals surface area (Å²) in [7, 11) is 2.04. The molecule has 4 heteroatoms. The van der Waals surface area contributed by atoms with Crippen LogP contribution in [0.4, 0.5) is 0 Å². The van der Waals surface area contributed by atoms with Crippen molar-refractivity contribution in [1.29, 1.82) is 0 Å². The number of carbonyl (C=O) groups is 1. The molecule has 2 unspecified atom stereocenters. The van der Waals surface area contributed by atoms with E-state index >= 15 is 0 Å². The fourth-order valence-corrected chi connectivity index (χ4v) is 1.88. The van der Waals surface area contributed by atoms with Gasteiger partial charge in [0.25, 0.3) is 0 Å². The van der Waals surface area contributed by atoms with Crippen LogP contribution in [0, 0.1) is 0 Å². The third-order valence-corrected chi connectivity index (χ3v) is 3.15. The van der Waals surface area contributed by atoms with Crippen molar-refractivity contribution in [1.82, 2.24) is 15.5 Å². The van der Waals surface area contributed by atoms with E-state index in [4.69, 9.17) is 0 Å². The van der Waals surface area contributed by atoms with Crippen molar-refractivity contribution in [3.05, 3.63) is 0 Å². The van der Waals surface area contributed by atoms with Crippen molar-refractivity contribution in [2.75, 3.05) is 26.7 Å².